The Balaban J connectivity index is 1.92. The van der Waals surface area contributed by atoms with Crippen LogP contribution in [-0.4, -0.2) is 37.3 Å². The number of rotatable bonds is 5. The van der Waals surface area contributed by atoms with E-state index in [1.165, 1.54) is 0 Å². The van der Waals surface area contributed by atoms with Crippen molar-refractivity contribution in [1.82, 2.24) is 24.7 Å². The van der Waals surface area contributed by atoms with Gasteiger partial charge in [-0.15, -0.1) is 11.3 Å². The Labute approximate surface area is 127 Å². The van der Waals surface area contributed by atoms with Crippen molar-refractivity contribution in [1.29, 1.82) is 0 Å². The minimum atomic E-state index is 0.350. The van der Waals surface area contributed by atoms with Crippen LogP contribution in [0, 0.1) is 0 Å². The van der Waals surface area contributed by atoms with Crippen LogP contribution in [0.5, 0.6) is 0 Å². The van der Waals surface area contributed by atoms with E-state index in [0.717, 1.165) is 34.8 Å². The predicted octanol–water partition coefficient (Wildman–Crippen LogP) is 2.28. The number of anilines is 1. The topological polar surface area (TPSA) is 59.7 Å². The molecule has 3 heterocycles. The zero-order valence-corrected chi connectivity index (χ0v) is 13.2. The van der Waals surface area contributed by atoms with Crippen molar-refractivity contribution in [2.75, 3.05) is 11.4 Å². The molecular formula is C14H18N6S. The van der Waals surface area contributed by atoms with Gasteiger partial charge >= 0.3 is 0 Å². The average Bonchev–Trinajstić information content (AvgIpc) is 3.10. The molecule has 0 aromatic carbocycles. The zero-order chi connectivity index (χ0) is 14.8. The lowest BCUT2D eigenvalue weighted by Crippen LogP contribution is -2.33. The molecule has 110 valence electrons. The van der Waals surface area contributed by atoms with Gasteiger partial charge in [0.1, 0.15) is 12.1 Å². The van der Waals surface area contributed by atoms with E-state index in [2.05, 4.69) is 38.8 Å². The first kappa shape index (κ1) is 13.9. The standard InChI is InChI=1S/C14H18N6S/c1-10(2)20(6-4-12-15-5-7-21-12)14-11-8-18-19(3)13(11)16-9-17-14/h5,7-10H,4,6H2,1-3H3. The summed E-state index contributed by atoms with van der Waals surface area (Å²) in [7, 11) is 1.90. The minimum Gasteiger partial charge on any atom is -0.353 e. The lowest BCUT2D eigenvalue weighted by atomic mass is 10.2. The highest BCUT2D eigenvalue weighted by Crippen LogP contribution is 2.24. The highest BCUT2D eigenvalue weighted by molar-refractivity contribution is 7.09. The van der Waals surface area contributed by atoms with Crippen molar-refractivity contribution in [2.24, 2.45) is 7.05 Å². The van der Waals surface area contributed by atoms with Crippen LogP contribution in [0.15, 0.2) is 24.1 Å². The summed E-state index contributed by atoms with van der Waals surface area (Å²) in [4.78, 5) is 15.4. The maximum atomic E-state index is 4.49. The van der Waals surface area contributed by atoms with Crippen LogP contribution in [0.25, 0.3) is 11.0 Å². The lowest BCUT2D eigenvalue weighted by Gasteiger charge is -2.27. The molecule has 7 heteroatoms. The smallest absolute Gasteiger partial charge is 0.163 e. The van der Waals surface area contributed by atoms with Gasteiger partial charge in [0.2, 0.25) is 0 Å². The molecule has 3 aromatic heterocycles. The highest BCUT2D eigenvalue weighted by Gasteiger charge is 2.17. The van der Waals surface area contributed by atoms with Crippen molar-refractivity contribution in [3.05, 3.63) is 29.1 Å². The highest BCUT2D eigenvalue weighted by atomic mass is 32.1. The first-order valence-electron chi connectivity index (χ1n) is 6.94. The molecule has 0 fully saturated rings. The second kappa shape index (κ2) is 5.77. The van der Waals surface area contributed by atoms with E-state index in [1.807, 2.05) is 24.8 Å². The number of nitrogens with zero attached hydrogens (tertiary/aromatic N) is 6. The van der Waals surface area contributed by atoms with Crippen molar-refractivity contribution in [2.45, 2.75) is 26.3 Å². The maximum Gasteiger partial charge on any atom is 0.163 e. The maximum absolute atomic E-state index is 4.49. The minimum absolute atomic E-state index is 0.350. The lowest BCUT2D eigenvalue weighted by molar-refractivity contribution is 0.670. The monoisotopic (exact) mass is 302 g/mol. The number of aryl methyl sites for hydroxylation is 1. The van der Waals surface area contributed by atoms with Crippen molar-refractivity contribution < 1.29 is 0 Å². The third kappa shape index (κ3) is 2.73. The summed E-state index contributed by atoms with van der Waals surface area (Å²) in [5.41, 5.74) is 0.861. The van der Waals surface area contributed by atoms with Crippen LogP contribution in [0.2, 0.25) is 0 Å². The molecule has 0 atom stereocenters. The van der Waals surface area contributed by atoms with Gasteiger partial charge in [-0.2, -0.15) is 5.10 Å². The summed E-state index contributed by atoms with van der Waals surface area (Å²) in [6, 6.07) is 0.350. The van der Waals surface area contributed by atoms with E-state index in [4.69, 9.17) is 0 Å². The number of thiazole rings is 1. The molecule has 6 nitrogen and oxygen atoms in total. The molecule has 3 rings (SSSR count). The fourth-order valence-corrected chi connectivity index (χ4v) is 2.99. The average molecular weight is 302 g/mol. The van der Waals surface area contributed by atoms with E-state index in [1.54, 1.807) is 22.3 Å². The van der Waals surface area contributed by atoms with Crippen LogP contribution in [-0.2, 0) is 13.5 Å². The molecule has 0 saturated carbocycles. The van der Waals surface area contributed by atoms with Crippen LogP contribution in [0.1, 0.15) is 18.9 Å². The van der Waals surface area contributed by atoms with Crippen molar-refractivity contribution in [3.8, 4) is 0 Å². The second-order valence-corrected chi connectivity index (χ2v) is 6.14. The van der Waals surface area contributed by atoms with Gasteiger partial charge in [-0.1, -0.05) is 0 Å². The normalized spacial score (nSPS) is 11.4. The van der Waals surface area contributed by atoms with Gasteiger partial charge < -0.3 is 4.90 Å². The molecule has 3 aromatic rings. The summed E-state index contributed by atoms with van der Waals surface area (Å²) in [5.74, 6) is 0.944. The van der Waals surface area contributed by atoms with Crippen LogP contribution >= 0.6 is 11.3 Å². The number of aromatic nitrogens is 5. The Morgan fingerprint density at radius 3 is 2.86 bits per heavy atom. The van der Waals surface area contributed by atoms with Gasteiger partial charge in [0, 0.05) is 37.6 Å². The zero-order valence-electron chi connectivity index (χ0n) is 12.4. The first-order chi connectivity index (χ1) is 10.2. The molecule has 0 aliphatic rings. The van der Waals surface area contributed by atoms with Gasteiger partial charge in [-0.25, -0.2) is 15.0 Å². The van der Waals surface area contributed by atoms with Gasteiger partial charge in [-0.3, -0.25) is 4.68 Å². The Bertz CT molecular complexity index is 718. The third-order valence-corrected chi connectivity index (χ3v) is 4.29. The Kier molecular flexibility index (Phi) is 3.83. The fourth-order valence-electron chi connectivity index (χ4n) is 2.38. The SMILES string of the molecule is CC(C)N(CCc1nccs1)c1ncnc2c1cnn2C. The third-order valence-electron chi connectivity index (χ3n) is 3.45. The Morgan fingerprint density at radius 2 is 2.14 bits per heavy atom. The van der Waals surface area contributed by atoms with Crippen molar-refractivity contribution >= 4 is 28.2 Å². The van der Waals surface area contributed by atoms with Gasteiger partial charge in [0.15, 0.2) is 5.65 Å². The summed E-state index contributed by atoms with van der Waals surface area (Å²) in [6.45, 7) is 5.23. The quantitative estimate of drug-likeness (QED) is 0.723. The number of hydrogen-bond donors (Lipinski definition) is 0. The van der Waals surface area contributed by atoms with Crippen LogP contribution < -0.4 is 4.90 Å². The molecule has 0 N–H and O–H groups in total. The summed E-state index contributed by atoms with van der Waals surface area (Å²) >= 11 is 1.69. The summed E-state index contributed by atoms with van der Waals surface area (Å²) in [5, 5.41) is 8.44. The molecule has 0 aliphatic carbocycles. The van der Waals surface area contributed by atoms with Gasteiger partial charge in [-0.05, 0) is 13.8 Å². The van der Waals surface area contributed by atoms with Gasteiger partial charge in [0.05, 0.1) is 16.6 Å². The molecule has 21 heavy (non-hydrogen) atoms. The largest absolute Gasteiger partial charge is 0.353 e. The first-order valence-corrected chi connectivity index (χ1v) is 7.82. The van der Waals surface area contributed by atoms with Crippen LogP contribution in [0.4, 0.5) is 5.82 Å². The Morgan fingerprint density at radius 1 is 1.29 bits per heavy atom. The molecular weight excluding hydrogens is 284 g/mol. The molecule has 0 aliphatic heterocycles. The number of fused-ring (bicyclic) bond motifs is 1. The molecule has 0 bridgehead atoms. The van der Waals surface area contributed by atoms with Crippen molar-refractivity contribution in [3.63, 3.8) is 0 Å². The molecule has 0 unspecified atom stereocenters. The van der Waals surface area contributed by atoms with E-state index in [9.17, 15) is 0 Å². The Hall–Kier alpha value is -2.02. The van der Waals surface area contributed by atoms with E-state index in [-0.39, 0.29) is 0 Å². The molecule has 0 spiro atoms. The second-order valence-electron chi connectivity index (χ2n) is 5.17. The van der Waals surface area contributed by atoms with E-state index < -0.39 is 0 Å². The molecule has 0 saturated heterocycles. The number of hydrogen-bond acceptors (Lipinski definition) is 6. The van der Waals surface area contributed by atoms with Crippen LogP contribution in [0.3, 0.4) is 0 Å². The van der Waals surface area contributed by atoms with E-state index in [0.29, 0.717) is 6.04 Å². The molecule has 0 radical (unpaired) electrons. The van der Waals surface area contributed by atoms with E-state index >= 15 is 0 Å². The predicted molar refractivity (Wildman–Crippen MR) is 84.6 cm³/mol. The molecule has 0 amide bonds. The fraction of sp³-hybridized carbons (Fsp3) is 0.429. The summed E-state index contributed by atoms with van der Waals surface area (Å²) < 4.78 is 1.78. The summed E-state index contributed by atoms with van der Waals surface area (Å²) in [6.07, 6.45) is 6.22. The van der Waals surface area contributed by atoms with Gasteiger partial charge in [0.25, 0.3) is 0 Å².